The Bertz CT molecular complexity index is 744. The highest BCUT2D eigenvalue weighted by atomic mass is 32.1. The molecule has 0 fully saturated rings. The Labute approximate surface area is 163 Å². The van der Waals surface area contributed by atoms with Gasteiger partial charge in [0.2, 0.25) is 0 Å². The molecule has 146 valence electrons. The molecule has 2 rings (SSSR count). The molecule has 0 atom stereocenters. The molecule has 7 nitrogen and oxygen atoms in total. The van der Waals surface area contributed by atoms with Gasteiger partial charge >= 0.3 is 5.97 Å². The normalized spacial score (nSPS) is 10.5. The molecule has 0 spiro atoms. The number of benzene rings is 1. The second-order valence-electron chi connectivity index (χ2n) is 6.35. The SMILES string of the molecule is COc1ccc(CNC(=O)COC(=O)c2csc(NCCC(C)C)n2)cc1. The first-order valence-electron chi connectivity index (χ1n) is 8.74. The van der Waals surface area contributed by atoms with Gasteiger partial charge < -0.3 is 20.1 Å². The van der Waals surface area contributed by atoms with Gasteiger partial charge in [-0.1, -0.05) is 26.0 Å². The molecule has 1 heterocycles. The number of hydrogen-bond donors (Lipinski definition) is 2. The first-order chi connectivity index (χ1) is 13.0. The van der Waals surface area contributed by atoms with Crippen LogP contribution in [0.25, 0.3) is 0 Å². The summed E-state index contributed by atoms with van der Waals surface area (Å²) in [6.45, 7) is 5.09. The molecule has 0 aliphatic heterocycles. The van der Waals surface area contributed by atoms with E-state index in [1.54, 1.807) is 12.5 Å². The van der Waals surface area contributed by atoms with Crippen LogP contribution < -0.4 is 15.4 Å². The molecule has 1 amide bonds. The maximum Gasteiger partial charge on any atom is 0.358 e. The van der Waals surface area contributed by atoms with Crippen molar-refractivity contribution < 1.29 is 19.1 Å². The van der Waals surface area contributed by atoms with Crippen LogP contribution in [0.4, 0.5) is 5.13 Å². The summed E-state index contributed by atoms with van der Waals surface area (Å²) in [6, 6.07) is 7.34. The van der Waals surface area contributed by atoms with Crippen molar-refractivity contribution in [3.63, 3.8) is 0 Å². The molecular weight excluding hydrogens is 366 g/mol. The zero-order valence-electron chi connectivity index (χ0n) is 15.8. The van der Waals surface area contributed by atoms with E-state index in [9.17, 15) is 9.59 Å². The number of carbonyl (C=O) groups is 2. The van der Waals surface area contributed by atoms with Gasteiger partial charge in [-0.2, -0.15) is 0 Å². The van der Waals surface area contributed by atoms with Gasteiger partial charge in [0.05, 0.1) is 7.11 Å². The summed E-state index contributed by atoms with van der Waals surface area (Å²) in [7, 11) is 1.60. The number of thiazole rings is 1. The molecule has 2 aromatic rings. The standard InChI is InChI=1S/C19H25N3O4S/c1-13(2)8-9-20-19-22-16(12-27-19)18(24)26-11-17(23)21-10-14-4-6-15(25-3)7-5-14/h4-7,12-13H,8-11H2,1-3H3,(H,20,22)(H,21,23). The molecule has 0 saturated carbocycles. The smallest absolute Gasteiger partial charge is 0.358 e. The van der Waals surface area contributed by atoms with Crippen LogP contribution in [-0.4, -0.2) is 37.1 Å². The van der Waals surface area contributed by atoms with Crippen molar-refractivity contribution in [2.75, 3.05) is 25.6 Å². The maximum atomic E-state index is 12.0. The highest BCUT2D eigenvalue weighted by Gasteiger charge is 2.14. The van der Waals surface area contributed by atoms with E-state index in [0.717, 1.165) is 24.3 Å². The van der Waals surface area contributed by atoms with Gasteiger partial charge in [0.15, 0.2) is 17.4 Å². The van der Waals surface area contributed by atoms with Gasteiger partial charge in [-0.15, -0.1) is 11.3 Å². The van der Waals surface area contributed by atoms with Gasteiger partial charge in [-0.25, -0.2) is 9.78 Å². The summed E-state index contributed by atoms with van der Waals surface area (Å²) in [6.07, 6.45) is 1.02. The van der Waals surface area contributed by atoms with E-state index >= 15 is 0 Å². The number of rotatable bonds is 10. The molecule has 1 aromatic carbocycles. The Balaban J connectivity index is 1.71. The van der Waals surface area contributed by atoms with Crippen LogP contribution in [0.1, 0.15) is 36.3 Å². The van der Waals surface area contributed by atoms with Crippen molar-refractivity contribution in [3.8, 4) is 5.75 Å². The lowest BCUT2D eigenvalue weighted by molar-refractivity contribution is -0.124. The maximum absolute atomic E-state index is 12.0. The van der Waals surface area contributed by atoms with Crippen LogP contribution in [-0.2, 0) is 16.1 Å². The molecule has 0 saturated heterocycles. The van der Waals surface area contributed by atoms with Crippen LogP contribution >= 0.6 is 11.3 Å². The van der Waals surface area contributed by atoms with Crippen LogP contribution in [0.2, 0.25) is 0 Å². The van der Waals surface area contributed by atoms with Gasteiger partial charge in [-0.05, 0) is 30.0 Å². The predicted molar refractivity (Wildman–Crippen MR) is 105 cm³/mol. The lowest BCUT2D eigenvalue weighted by Gasteiger charge is -2.07. The van der Waals surface area contributed by atoms with Crippen molar-refractivity contribution in [1.82, 2.24) is 10.3 Å². The number of hydrogen-bond acceptors (Lipinski definition) is 7. The number of nitrogens with zero attached hydrogens (tertiary/aromatic N) is 1. The van der Waals surface area contributed by atoms with Gasteiger partial charge in [0.1, 0.15) is 5.75 Å². The number of carbonyl (C=O) groups excluding carboxylic acids is 2. The highest BCUT2D eigenvalue weighted by Crippen LogP contribution is 2.16. The molecule has 0 unspecified atom stereocenters. The molecule has 0 bridgehead atoms. The summed E-state index contributed by atoms with van der Waals surface area (Å²) < 4.78 is 10.1. The Kier molecular flexibility index (Phi) is 8.06. The Hall–Kier alpha value is -2.61. The van der Waals surface area contributed by atoms with Gasteiger partial charge in [0.25, 0.3) is 5.91 Å². The van der Waals surface area contributed by atoms with Gasteiger partial charge in [-0.3, -0.25) is 4.79 Å². The summed E-state index contributed by atoms with van der Waals surface area (Å²) in [4.78, 5) is 28.0. The number of methoxy groups -OCH3 is 1. The molecule has 0 radical (unpaired) electrons. The fourth-order valence-corrected chi connectivity index (χ4v) is 2.83. The summed E-state index contributed by atoms with van der Waals surface area (Å²) in [5, 5.41) is 8.17. The van der Waals surface area contributed by atoms with E-state index in [0.29, 0.717) is 17.6 Å². The van der Waals surface area contributed by atoms with E-state index in [1.807, 2.05) is 24.3 Å². The molecular formula is C19H25N3O4S. The monoisotopic (exact) mass is 391 g/mol. The summed E-state index contributed by atoms with van der Waals surface area (Å²) >= 11 is 1.34. The quantitative estimate of drug-likeness (QED) is 0.605. The van der Waals surface area contributed by atoms with Gasteiger partial charge in [0, 0.05) is 18.5 Å². The van der Waals surface area contributed by atoms with Crippen molar-refractivity contribution >= 4 is 28.3 Å². The molecule has 8 heteroatoms. The zero-order chi connectivity index (χ0) is 19.6. The third-order valence-corrected chi connectivity index (χ3v) is 4.49. The van der Waals surface area contributed by atoms with E-state index in [2.05, 4.69) is 29.5 Å². The van der Waals surface area contributed by atoms with Crippen LogP contribution in [0.5, 0.6) is 5.75 Å². The fourth-order valence-electron chi connectivity index (χ4n) is 2.12. The number of aromatic nitrogens is 1. The van der Waals surface area contributed by atoms with Crippen LogP contribution in [0.3, 0.4) is 0 Å². The molecule has 2 N–H and O–H groups in total. The fraction of sp³-hybridized carbons (Fsp3) is 0.421. The van der Waals surface area contributed by atoms with Crippen molar-refractivity contribution in [3.05, 3.63) is 40.9 Å². The minimum atomic E-state index is -0.609. The number of esters is 1. The Morgan fingerprint density at radius 2 is 1.96 bits per heavy atom. The van der Waals surface area contributed by atoms with Crippen molar-refractivity contribution in [2.45, 2.75) is 26.8 Å². The average Bonchev–Trinajstić information content (AvgIpc) is 3.13. The highest BCUT2D eigenvalue weighted by molar-refractivity contribution is 7.13. The second-order valence-corrected chi connectivity index (χ2v) is 7.21. The average molecular weight is 391 g/mol. The van der Waals surface area contributed by atoms with E-state index in [-0.39, 0.29) is 18.2 Å². The zero-order valence-corrected chi connectivity index (χ0v) is 16.6. The third-order valence-electron chi connectivity index (χ3n) is 3.69. The number of anilines is 1. The second kappa shape index (κ2) is 10.5. The van der Waals surface area contributed by atoms with Crippen LogP contribution in [0.15, 0.2) is 29.6 Å². The lowest BCUT2D eigenvalue weighted by atomic mass is 10.1. The Morgan fingerprint density at radius 3 is 2.63 bits per heavy atom. The molecule has 0 aliphatic rings. The number of nitrogens with one attached hydrogen (secondary N) is 2. The lowest BCUT2D eigenvalue weighted by Crippen LogP contribution is -2.28. The number of amides is 1. The summed E-state index contributed by atoms with van der Waals surface area (Å²) in [5.74, 6) is 0.367. The van der Waals surface area contributed by atoms with E-state index in [1.165, 1.54) is 11.3 Å². The molecule has 0 aliphatic carbocycles. The minimum absolute atomic E-state index is 0.204. The first-order valence-corrected chi connectivity index (χ1v) is 9.62. The minimum Gasteiger partial charge on any atom is -0.497 e. The van der Waals surface area contributed by atoms with Crippen LogP contribution in [0, 0.1) is 5.92 Å². The van der Waals surface area contributed by atoms with E-state index < -0.39 is 5.97 Å². The largest absolute Gasteiger partial charge is 0.497 e. The Morgan fingerprint density at radius 1 is 1.22 bits per heavy atom. The molecule has 1 aromatic heterocycles. The van der Waals surface area contributed by atoms with E-state index in [4.69, 9.17) is 9.47 Å². The molecule has 27 heavy (non-hydrogen) atoms. The number of ether oxygens (including phenoxy) is 2. The topological polar surface area (TPSA) is 89.5 Å². The van der Waals surface area contributed by atoms with Crippen molar-refractivity contribution in [2.24, 2.45) is 5.92 Å². The first kappa shape index (κ1) is 20.7. The predicted octanol–water partition coefficient (Wildman–Crippen LogP) is 3.08. The third kappa shape index (κ3) is 7.26. The van der Waals surface area contributed by atoms with Crippen molar-refractivity contribution in [1.29, 1.82) is 0 Å². The summed E-state index contributed by atoms with van der Waals surface area (Å²) in [5.41, 5.74) is 1.13.